The normalized spacial score (nSPS) is 14.9. The van der Waals surface area contributed by atoms with Gasteiger partial charge in [-0.3, -0.25) is 9.69 Å². The molecule has 1 aromatic carbocycles. The first-order valence-electron chi connectivity index (χ1n) is 11.7. The Balaban J connectivity index is 1.16. The molecule has 3 aromatic rings. The first-order valence-corrected chi connectivity index (χ1v) is 11.7. The van der Waals surface area contributed by atoms with E-state index in [1.54, 1.807) is 12.4 Å². The number of fused-ring (bicyclic) bond motifs is 1. The molecule has 1 N–H and O–H groups in total. The maximum absolute atomic E-state index is 12.5. The molecule has 2 aromatic heterocycles. The number of aryl methyl sites for hydroxylation is 1. The second-order valence-corrected chi connectivity index (χ2v) is 8.95. The van der Waals surface area contributed by atoms with Crippen molar-refractivity contribution in [2.75, 3.05) is 44.2 Å². The van der Waals surface area contributed by atoms with Gasteiger partial charge in [0.2, 0.25) is 0 Å². The van der Waals surface area contributed by atoms with Gasteiger partial charge in [-0.1, -0.05) is 12.1 Å². The van der Waals surface area contributed by atoms with Crippen LogP contribution in [0.3, 0.4) is 0 Å². The Morgan fingerprint density at radius 2 is 1.91 bits per heavy atom. The summed E-state index contributed by atoms with van der Waals surface area (Å²) >= 11 is 0. The number of unbranched alkanes of at least 4 members (excludes halogenated alkanes) is 1. The first kappa shape index (κ1) is 22.3. The van der Waals surface area contributed by atoms with Crippen molar-refractivity contribution < 1.29 is 4.79 Å². The Hall–Kier alpha value is -2.93. The van der Waals surface area contributed by atoms with Crippen molar-refractivity contribution >= 4 is 22.6 Å². The highest BCUT2D eigenvalue weighted by Crippen LogP contribution is 2.18. The Bertz CT molecular complexity index is 1050. The lowest BCUT2D eigenvalue weighted by atomic mass is 10.2. The quantitative estimate of drug-likeness (QED) is 0.548. The molecule has 1 saturated heterocycles. The van der Waals surface area contributed by atoms with E-state index < -0.39 is 0 Å². The minimum absolute atomic E-state index is 0.0662. The number of nitrogens with zero attached hydrogens (tertiary/aromatic N) is 5. The topological polar surface area (TPSA) is 66.3 Å². The highest BCUT2D eigenvalue weighted by molar-refractivity contribution is 5.96. The molecule has 0 spiro atoms. The van der Waals surface area contributed by atoms with Gasteiger partial charge >= 0.3 is 0 Å². The van der Waals surface area contributed by atoms with Crippen LogP contribution in [0.25, 0.3) is 11.0 Å². The second kappa shape index (κ2) is 10.1. The van der Waals surface area contributed by atoms with Gasteiger partial charge in [-0.2, -0.15) is 5.10 Å². The molecule has 7 nitrogen and oxygen atoms in total. The molecule has 1 aliphatic rings. The van der Waals surface area contributed by atoms with Crippen LogP contribution in [0.1, 0.15) is 48.7 Å². The number of pyridine rings is 1. The van der Waals surface area contributed by atoms with Crippen molar-refractivity contribution in [3.05, 3.63) is 53.9 Å². The molecular weight excluding hydrogens is 400 g/mol. The van der Waals surface area contributed by atoms with E-state index in [-0.39, 0.29) is 11.9 Å². The summed E-state index contributed by atoms with van der Waals surface area (Å²) in [5, 5.41) is 8.30. The van der Waals surface area contributed by atoms with Gasteiger partial charge in [0.05, 0.1) is 11.8 Å². The fraction of sp³-hybridized carbons (Fsp3) is 0.480. The Morgan fingerprint density at radius 1 is 1.09 bits per heavy atom. The monoisotopic (exact) mass is 434 g/mol. The predicted octanol–water partition coefficient (Wildman–Crippen LogP) is 3.65. The summed E-state index contributed by atoms with van der Waals surface area (Å²) in [7, 11) is 0. The van der Waals surface area contributed by atoms with Gasteiger partial charge < -0.3 is 10.2 Å². The van der Waals surface area contributed by atoms with E-state index >= 15 is 0 Å². The minimum Gasteiger partial charge on any atom is -0.369 e. The first-order chi connectivity index (χ1) is 15.5. The summed E-state index contributed by atoms with van der Waals surface area (Å²) < 4.78 is 1.87. The Kier molecular flexibility index (Phi) is 7.05. The van der Waals surface area contributed by atoms with E-state index in [2.05, 4.69) is 70.2 Å². The Labute approximate surface area is 190 Å². The zero-order valence-corrected chi connectivity index (χ0v) is 19.4. The zero-order valence-electron chi connectivity index (χ0n) is 19.4. The zero-order chi connectivity index (χ0) is 22.5. The Morgan fingerprint density at radius 3 is 2.66 bits per heavy atom. The predicted molar refractivity (Wildman–Crippen MR) is 129 cm³/mol. The van der Waals surface area contributed by atoms with Gasteiger partial charge in [0.15, 0.2) is 5.65 Å². The summed E-state index contributed by atoms with van der Waals surface area (Å²) in [4.78, 5) is 21.9. The number of amides is 1. The fourth-order valence-electron chi connectivity index (χ4n) is 4.26. The maximum Gasteiger partial charge on any atom is 0.252 e. The largest absolute Gasteiger partial charge is 0.369 e. The van der Waals surface area contributed by atoms with Gasteiger partial charge in [-0.25, -0.2) is 9.67 Å². The van der Waals surface area contributed by atoms with Crippen LogP contribution in [0.5, 0.6) is 0 Å². The summed E-state index contributed by atoms with van der Waals surface area (Å²) in [6, 6.07) is 10.9. The number of nitrogens with one attached hydrogen (secondary N) is 1. The number of carbonyl (C=O) groups excluding carboxylic acids is 1. The molecule has 0 saturated carbocycles. The summed E-state index contributed by atoms with van der Waals surface area (Å²) in [5.74, 6) is -0.0662. The number of rotatable bonds is 8. The molecule has 1 aliphatic heterocycles. The third kappa shape index (κ3) is 5.27. The SMILES string of the molecule is Cc1cccc(N2CCN(CCCCNC(=O)c3cnc4c(cnn4C(C)C)c3)CC2)c1. The van der Waals surface area contributed by atoms with Crippen molar-refractivity contribution in [3.8, 4) is 0 Å². The number of anilines is 1. The van der Waals surface area contributed by atoms with Crippen molar-refractivity contribution in [1.29, 1.82) is 0 Å². The van der Waals surface area contributed by atoms with Crippen LogP contribution in [0.4, 0.5) is 5.69 Å². The molecule has 0 atom stereocenters. The van der Waals surface area contributed by atoms with E-state index in [0.29, 0.717) is 12.1 Å². The molecule has 3 heterocycles. The lowest BCUT2D eigenvalue weighted by Crippen LogP contribution is -2.46. The number of hydrogen-bond donors (Lipinski definition) is 1. The van der Waals surface area contributed by atoms with Crippen molar-refractivity contribution in [2.24, 2.45) is 0 Å². The molecule has 7 heteroatoms. The number of aromatic nitrogens is 3. The molecule has 1 amide bonds. The average Bonchev–Trinajstić information content (AvgIpc) is 3.23. The molecule has 32 heavy (non-hydrogen) atoms. The van der Waals surface area contributed by atoms with Crippen molar-refractivity contribution in [1.82, 2.24) is 25.0 Å². The van der Waals surface area contributed by atoms with Gasteiger partial charge in [0.25, 0.3) is 5.91 Å². The molecule has 4 rings (SSSR count). The molecule has 0 radical (unpaired) electrons. The average molecular weight is 435 g/mol. The van der Waals surface area contributed by atoms with E-state index in [4.69, 9.17) is 0 Å². The minimum atomic E-state index is -0.0662. The van der Waals surface area contributed by atoms with Crippen LogP contribution >= 0.6 is 0 Å². The van der Waals surface area contributed by atoms with Crippen LogP contribution in [-0.2, 0) is 0 Å². The molecule has 0 bridgehead atoms. The summed E-state index contributed by atoms with van der Waals surface area (Å²) in [6.07, 6.45) is 5.48. The van der Waals surface area contributed by atoms with Gasteiger partial charge in [-0.15, -0.1) is 0 Å². The number of benzene rings is 1. The third-order valence-electron chi connectivity index (χ3n) is 6.11. The van der Waals surface area contributed by atoms with Gasteiger partial charge in [0.1, 0.15) is 0 Å². The van der Waals surface area contributed by atoms with E-state index in [1.165, 1.54) is 11.3 Å². The van der Waals surface area contributed by atoms with Crippen LogP contribution in [0.15, 0.2) is 42.7 Å². The standard InChI is InChI=1S/C25H34N6O/c1-19(2)31-24-21(18-28-31)16-22(17-27-24)25(32)26-9-4-5-10-29-11-13-30(14-12-29)23-8-6-7-20(3)15-23/h6-8,15-19H,4-5,9-14H2,1-3H3,(H,26,32). The van der Waals surface area contributed by atoms with Crippen molar-refractivity contribution in [2.45, 2.75) is 39.7 Å². The molecular formula is C25H34N6O. The highest BCUT2D eigenvalue weighted by atomic mass is 16.1. The van der Waals surface area contributed by atoms with E-state index in [1.807, 2.05) is 10.7 Å². The highest BCUT2D eigenvalue weighted by Gasteiger charge is 2.17. The number of piperazine rings is 1. The van der Waals surface area contributed by atoms with Crippen LogP contribution in [0, 0.1) is 6.92 Å². The van der Waals surface area contributed by atoms with Crippen molar-refractivity contribution in [3.63, 3.8) is 0 Å². The second-order valence-electron chi connectivity index (χ2n) is 8.95. The lowest BCUT2D eigenvalue weighted by Gasteiger charge is -2.36. The summed E-state index contributed by atoms with van der Waals surface area (Å²) in [6.45, 7) is 12.4. The van der Waals surface area contributed by atoms with Gasteiger partial charge in [-0.05, 0) is 63.9 Å². The molecule has 170 valence electrons. The van der Waals surface area contributed by atoms with E-state index in [0.717, 1.165) is 56.6 Å². The fourth-order valence-corrected chi connectivity index (χ4v) is 4.26. The maximum atomic E-state index is 12.5. The smallest absolute Gasteiger partial charge is 0.252 e. The molecule has 0 unspecified atom stereocenters. The third-order valence-corrected chi connectivity index (χ3v) is 6.11. The number of carbonyl (C=O) groups is 1. The van der Waals surface area contributed by atoms with E-state index in [9.17, 15) is 4.79 Å². The molecule has 1 fully saturated rings. The number of hydrogen-bond acceptors (Lipinski definition) is 5. The van der Waals surface area contributed by atoms with Crippen LogP contribution in [-0.4, -0.2) is 64.8 Å². The molecule has 0 aliphatic carbocycles. The van der Waals surface area contributed by atoms with Crippen LogP contribution in [0.2, 0.25) is 0 Å². The van der Waals surface area contributed by atoms with Gasteiger partial charge in [0, 0.05) is 56.0 Å². The summed E-state index contributed by atoms with van der Waals surface area (Å²) in [5.41, 5.74) is 4.05. The van der Waals surface area contributed by atoms with Crippen LogP contribution < -0.4 is 10.2 Å². The lowest BCUT2D eigenvalue weighted by molar-refractivity contribution is 0.0952.